The summed E-state index contributed by atoms with van der Waals surface area (Å²) in [6.45, 7) is 0.366. The summed E-state index contributed by atoms with van der Waals surface area (Å²) >= 11 is 0. The van der Waals surface area contributed by atoms with Crippen LogP contribution in [0.25, 0.3) is 0 Å². The van der Waals surface area contributed by atoms with Crippen molar-refractivity contribution in [3.63, 3.8) is 0 Å². The summed E-state index contributed by atoms with van der Waals surface area (Å²) in [4.78, 5) is 3.79. The second kappa shape index (κ2) is 4.18. The van der Waals surface area contributed by atoms with Gasteiger partial charge in [-0.05, 0) is 18.2 Å². The van der Waals surface area contributed by atoms with Crippen molar-refractivity contribution in [3.05, 3.63) is 35.9 Å². The third-order valence-corrected chi connectivity index (χ3v) is 2.13. The Hall–Kier alpha value is -2.11. The van der Waals surface area contributed by atoms with Crippen LogP contribution in [-0.2, 0) is 6.54 Å². The molecule has 0 bridgehead atoms. The zero-order valence-electron chi connectivity index (χ0n) is 8.72. The maximum atomic E-state index is 13.1. The van der Waals surface area contributed by atoms with E-state index in [1.54, 1.807) is 6.07 Å². The van der Waals surface area contributed by atoms with Gasteiger partial charge in [0.15, 0.2) is 0 Å². The molecule has 0 unspecified atom stereocenters. The first-order valence-corrected chi connectivity index (χ1v) is 4.66. The van der Waals surface area contributed by atoms with Gasteiger partial charge in [-0.25, -0.2) is 14.1 Å². The molecule has 0 saturated heterocycles. The Morgan fingerprint density at radius 3 is 2.94 bits per heavy atom. The molecule has 0 fully saturated rings. The number of methoxy groups -OCH3 is 1. The Balaban J connectivity index is 2.29. The van der Waals surface area contributed by atoms with Crippen LogP contribution in [0.3, 0.4) is 0 Å². The zero-order valence-corrected chi connectivity index (χ0v) is 8.72. The predicted octanol–water partition coefficient (Wildman–Crippen LogP) is 1.06. The van der Waals surface area contributed by atoms with E-state index in [9.17, 15) is 4.39 Å². The van der Waals surface area contributed by atoms with E-state index in [4.69, 9.17) is 10.5 Å². The van der Waals surface area contributed by atoms with Crippen molar-refractivity contribution in [2.45, 2.75) is 6.54 Å². The van der Waals surface area contributed by atoms with Gasteiger partial charge < -0.3 is 10.5 Å². The monoisotopic (exact) mass is 222 g/mol. The van der Waals surface area contributed by atoms with Gasteiger partial charge in [0.05, 0.1) is 13.7 Å². The quantitative estimate of drug-likeness (QED) is 0.843. The summed E-state index contributed by atoms with van der Waals surface area (Å²) in [6.07, 6.45) is 1.49. The molecular formula is C10H11FN4O. The highest BCUT2D eigenvalue weighted by Gasteiger charge is 2.06. The van der Waals surface area contributed by atoms with E-state index in [1.807, 2.05) is 0 Å². The highest BCUT2D eigenvalue weighted by molar-refractivity contribution is 5.34. The third-order valence-electron chi connectivity index (χ3n) is 2.13. The molecule has 0 saturated carbocycles. The van der Waals surface area contributed by atoms with Gasteiger partial charge in [0.1, 0.15) is 17.9 Å². The topological polar surface area (TPSA) is 66.0 Å². The molecule has 84 valence electrons. The number of aromatic nitrogens is 3. The Bertz CT molecular complexity index is 497. The number of nitrogens with zero attached hydrogens (tertiary/aromatic N) is 3. The van der Waals surface area contributed by atoms with E-state index >= 15 is 0 Å². The van der Waals surface area contributed by atoms with Crippen molar-refractivity contribution in [3.8, 4) is 5.75 Å². The highest BCUT2D eigenvalue weighted by Crippen LogP contribution is 2.20. The molecule has 1 aromatic heterocycles. The SMILES string of the molecule is COc1ccc(F)cc1Cn1cnc(N)n1. The number of rotatable bonds is 3. The number of hydrogen-bond acceptors (Lipinski definition) is 4. The number of benzene rings is 1. The lowest BCUT2D eigenvalue weighted by Gasteiger charge is -2.07. The standard InChI is InChI=1S/C10H11FN4O/c1-16-9-3-2-8(11)4-7(9)5-15-6-13-10(12)14-15/h2-4,6H,5H2,1H3,(H2,12,14). The number of hydrogen-bond donors (Lipinski definition) is 1. The normalized spacial score (nSPS) is 10.4. The lowest BCUT2D eigenvalue weighted by atomic mass is 10.2. The smallest absolute Gasteiger partial charge is 0.239 e. The molecule has 0 spiro atoms. The second-order valence-electron chi connectivity index (χ2n) is 3.26. The Kier molecular flexibility index (Phi) is 2.72. The van der Waals surface area contributed by atoms with Crippen molar-refractivity contribution in [1.29, 1.82) is 0 Å². The molecule has 0 aliphatic rings. The highest BCUT2D eigenvalue weighted by atomic mass is 19.1. The van der Waals surface area contributed by atoms with Crippen LogP contribution in [0.15, 0.2) is 24.5 Å². The number of anilines is 1. The van der Waals surface area contributed by atoms with E-state index in [-0.39, 0.29) is 11.8 Å². The Labute approximate surface area is 91.7 Å². The lowest BCUT2D eigenvalue weighted by Crippen LogP contribution is -2.03. The summed E-state index contributed by atoms with van der Waals surface area (Å²) in [5.41, 5.74) is 6.07. The van der Waals surface area contributed by atoms with E-state index < -0.39 is 0 Å². The molecule has 0 aliphatic carbocycles. The van der Waals surface area contributed by atoms with Crippen molar-refractivity contribution >= 4 is 5.95 Å². The van der Waals surface area contributed by atoms with Crippen LogP contribution in [0.2, 0.25) is 0 Å². The summed E-state index contributed by atoms with van der Waals surface area (Å²) < 4.78 is 19.7. The first kappa shape index (κ1) is 10.4. The molecule has 1 aromatic carbocycles. The summed E-state index contributed by atoms with van der Waals surface area (Å²) in [5.74, 6) is 0.481. The molecule has 0 aliphatic heterocycles. The fourth-order valence-corrected chi connectivity index (χ4v) is 1.43. The van der Waals surface area contributed by atoms with Gasteiger partial charge in [0, 0.05) is 5.56 Å². The lowest BCUT2D eigenvalue weighted by molar-refractivity contribution is 0.406. The average Bonchev–Trinajstić information content (AvgIpc) is 2.64. The molecule has 2 rings (SSSR count). The Morgan fingerprint density at radius 1 is 1.50 bits per heavy atom. The summed E-state index contributed by atoms with van der Waals surface area (Å²) in [5, 5.41) is 3.92. The number of nitrogens with two attached hydrogens (primary N) is 1. The molecule has 5 nitrogen and oxygen atoms in total. The van der Waals surface area contributed by atoms with Gasteiger partial charge in [-0.15, -0.1) is 5.10 Å². The molecule has 1 heterocycles. The van der Waals surface area contributed by atoms with Crippen molar-refractivity contribution in [2.75, 3.05) is 12.8 Å². The maximum absolute atomic E-state index is 13.1. The van der Waals surface area contributed by atoms with E-state index in [0.717, 1.165) is 0 Å². The molecule has 0 amide bonds. The van der Waals surface area contributed by atoms with E-state index in [0.29, 0.717) is 17.9 Å². The Morgan fingerprint density at radius 2 is 2.31 bits per heavy atom. The minimum absolute atomic E-state index is 0.190. The van der Waals surface area contributed by atoms with Gasteiger partial charge in [-0.3, -0.25) is 0 Å². The summed E-state index contributed by atoms with van der Waals surface area (Å²) in [7, 11) is 1.53. The minimum atomic E-state index is -0.316. The molecule has 0 atom stereocenters. The van der Waals surface area contributed by atoms with Crippen LogP contribution >= 0.6 is 0 Å². The fourth-order valence-electron chi connectivity index (χ4n) is 1.43. The van der Waals surface area contributed by atoms with Gasteiger partial charge >= 0.3 is 0 Å². The third kappa shape index (κ3) is 2.10. The van der Waals surface area contributed by atoms with Crippen LogP contribution in [0.1, 0.15) is 5.56 Å². The number of nitrogen functional groups attached to an aromatic ring is 1. The maximum Gasteiger partial charge on any atom is 0.239 e. The largest absolute Gasteiger partial charge is 0.496 e. The van der Waals surface area contributed by atoms with Gasteiger partial charge in [0.25, 0.3) is 0 Å². The van der Waals surface area contributed by atoms with Gasteiger partial charge in [0.2, 0.25) is 5.95 Å². The molecule has 2 aromatic rings. The average molecular weight is 222 g/mol. The number of halogens is 1. The van der Waals surface area contributed by atoms with Gasteiger partial charge in [-0.2, -0.15) is 0 Å². The number of ether oxygens (including phenoxy) is 1. The van der Waals surface area contributed by atoms with Crippen LogP contribution in [-0.4, -0.2) is 21.9 Å². The molecular weight excluding hydrogens is 211 g/mol. The molecule has 6 heteroatoms. The first-order chi connectivity index (χ1) is 7.69. The molecule has 16 heavy (non-hydrogen) atoms. The predicted molar refractivity (Wildman–Crippen MR) is 56.5 cm³/mol. The van der Waals surface area contributed by atoms with Crippen LogP contribution in [0.5, 0.6) is 5.75 Å². The van der Waals surface area contributed by atoms with E-state index in [2.05, 4.69) is 10.1 Å². The zero-order chi connectivity index (χ0) is 11.5. The van der Waals surface area contributed by atoms with Crippen LogP contribution in [0, 0.1) is 5.82 Å². The van der Waals surface area contributed by atoms with Crippen molar-refractivity contribution in [2.24, 2.45) is 0 Å². The van der Waals surface area contributed by atoms with E-state index in [1.165, 1.54) is 30.3 Å². The van der Waals surface area contributed by atoms with Crippen LogP contribution in [0.4, 0.5) is 10.3 Å². The first-order valence-electron chi connectivity index (χ1n) is 4.66. The summed E-state index contributed by atoms with van der Waals surface area (Å²) in [6, 6.07) is 4.32. The van der Waals surface area contributed by atoms with Crippen molar-refractivity contribution < 1.29 is 9.13 Å². The fraction of sp³-hybridized carbons (Fsp3) is 0.200. The second-order valence-corrected chi connectivity index (χ2v) is 3.26. The van der Waals surface area contributed by atoms with Crippen molar-refractivity contribution in [1.82, 2.24) is 14.8 Å². The minimum Gasteiger partial charge on any atom is -0.496 e. The molecule has 2 N–H and O–H groups in total. The van der Waals surface area contributed by atoms with Crippen LogP contribution < -0.4 is 10.5 Å². The van der Waals surface area contributed by atoms with Gasteiger partial charge in [-0.1, -0.05) is 0 Å². The molecule has 0 radical (unpaired) electrons.